The second kappa shape index (κ2) is 6.14. The molecule has 3 nitrogen and oxygen atoms in total. The van der Waals surface area contributed by atoms with Crippen molar-refractivity contribution in [3.8, 4) is 0 Å². The maximum absolute atomic E-state index is 5.56. The Kier molecular flexibility index (Phi) is 4.53. The third kappa shape index (κ3) is 3.52. The first-order chi connectivity index (χ1) is 8.29. The van der Waals surface area contributed by atoms with Gasteiger partial charge in [0.1, 0.15) is 5.03 Å². The van der Waals surface area contributed by atoms with E-state index in [1.165, 1.54) is 5.56 Å². The van der Waals surface area contributed by atoms with Crippen LogP contribution in [-0.4, -0.2) is 9.97 Å². The normalized spacial score (nSPS) is 10.5. The lowest BCUT2D eigenvalue weighted by molar-refractivity contribution is 0.982. The number of rotatable bonds is 4. The van der Waals surface area contributed by atoms with Crippen molar-refractivity contribution in [2.45, 2.75) is 17.3 Å². The summed E-state index contributed by atoms with van der Waals surface area (Å²) < 4.78 is 1.03. The van der Waals surface area contributed by atoms with Crippen LogP contribution in [0, 0.1) is 0 Å². The minimum atomic E-state index is 0.478. The molecule has 0 aliphatic carbocycles. The summed E-state index contributed by atoms with van der Waals surface area (Å²) in [5, 5.41) is 0.999. The van der Waals surface area contributed by atoms with Gasteiger partial charge in [0.25, 0.3) is 0 Å². The van der Waals surface area contributed by atoms with Crippen molar-refractivity contribution in [1.29, 1.82) is 0 Å². The fraction of sp³-hybridized carbons (Fsp3) is 0.167. The van der Waals surface area contributed by atoms with Crippen molar-refractivity contribution in [3.05, 3.63) is 52.4 Å². The number of pyridine rings is 2. The van der Waals surface area contributed by atoms with Gasteiger partial charge in [-0.15, -0.1) is 11.8 Å². The number of nitrogens with two attached hydrogens (primary N) is 1. The van der Waals surface area contributed by atoms with Gasteiger partial charge in [0, 0.05) is 29.2 Å². The van der Waals surface area contributed by atoms with Crippen LogP contribution in [0.3, 0.4) is 0 Å². The zero-order chi connectivity index (χ0) is 12.1. The molecule has 17 heavy (non-hydrogen) atoms. The fourth-order valence-electron chi connectivity index (χ4n) is 1.36. The topological polar surface area (TPSA) is 51.8 Å². The van der Waals surface area contributed by atoms with E-state index in [2.05, 4.69) is 25.9 Å². The molecular weight excluding hydrogens is 298 g/mol. The molecule has 0 saturated carbocycles. The first kappa shape index (κ1) is 12.5. The van der Waals surface area contributed by atoms with Gasteiger partial charge in [0.2, 0.25) is 0 Å². The molecule has 0 bridgehead atoms. The SMILES string of the molecule is NCc1cc(CSc2ncccc2Br)ccn1. The number of halogens is 1. The molecule has 0 fully saturated rings. The Morgan fingerprint density at radius 3 is 2.88 bits per heavy atom. The molecule has 0 saturated heterocycles. The van der Waals surface area contributed by atoms with Gasteiger partial charge in [-0.05, 0) is 45.8 Å². The Balaban J connectivity index is 2.05. The molecule has 2 aromatic rings. The molecule has 5 heteroatoms. The van der Waals surface area contributed by atoms with Gasteiger partial charge >= 0.3 is 0 Å². The van der Waals surface area contributed by atoms with Crippen molar-refractivity contribution < 1.29 is 0 Å². The van der Waals surface area contributed by atoms with E-state index in [4.69, 9.17) is 5.73 Å². The molecule has 0 radical (unpaired) electrons. The average molecular weight is 310 g/mol. The van der Waals surface area contributed by atoms with Gasteiger partial charge in [-0.25, -0.2) is 4.98 Å². The Bertz CT molecular complexity index is 505. The van der Waals surface area contributed by atoms with Crippen molar-refractivity contribution >= 4 is 27.7 Å². The van der Waals surface area contributed by atoms with Crippen LogP contribution >= 0.6 is 27.7 Å². The lowest BCUT2D eigenvalue weighted by Gasteiger charge is -2.04. The summed E-state index contributed by atoms with van der Waals surface area (Å²) in [4.78, 5) is 8.48. The Hall–Kier alpha value is -0.910. The van der Waals surface area contributed by atoms with Gasteiger partial charge in [0.15, 0.2) is 0 Å². The first-order valence-corrected chi connectivity index (χ1v) is 6.94. The Labute approximate surface area is 113 Å². The van der Waals surface area contributed by atoms with E-state index in [1.807, 2.05) is 24.3 Å². The van der Waals surface area contributed by atoms with E-state index >= 15 is 0 Å². The van der Waals surface area contributed by atoms with Crippen LogP contribution in [-0.2, 0) is 12.3 Å². The molecule has 0 spiro atoms. The molecule has 0 atom stereocenters. The summed E-state index contributed by atoms with van der Waals surface area (Å²) in [5.74, 6) is 0.866. The van der Waals surface area contributed by atoms with E-state index in [1.54, 1.807) is 24.2 Å². The number of hydrogen-bond donors (Lipinski definition) is 1. The molecule has 2 aromatic heterocycles. The van der Waals surface area contributed by atoms with Gasteiger partial charge < -0.3 is 5.73 Å². The van der Waals surface area contributed by atoms with Crippen LogP contribution in [0.2, 0.25) is 0 Å². The summed E-state index contributed by atoms with van der Waals surface area (Å²) in [5.41, 5.74) is 7.69. The van der Waals surface area contributed by atoms with Crippen LogP contribution in [0.15, 0.2) is 46.2 Å². The van der Waals surface area contributed by atoms with E-state index in [0.29, 0.717) is 6.54 Å². The summed E-state index contributed by atoms with van der Waals surface area (Å²) in [6, 6.07) is 7.94. The molecular formula is C12H12BrN3S. The van der Waals surface area contributed by atoms with Gasteiger partial charge in [-0.2, -0.15) is 0 Å². The number of nitrogens with zero attached hydrogens (tertiary/aromatic N) is 2. The van der Waals surface area contributed by atoms with Gasteiger partial charge in [-0.3, -0.25) is 4.98 Å². The van der Waals surface area contributed by atoms with E-state index < -0.39 is 0 Å². The zero-order valence-corrected chi connectivity index (χ0v) is 11.5. The first-order valence-electron chi connectivity index (χ1n) is 5.17. The molecule has 0 aliphatic heterocycles. The van der Waals surface area contributed by atoms with Crippen molar-refractivity contribution in [3.63, 3.8) is 0 Å². The smallest absolute Gasteiger partial charge is 0.110 e. The summed E-state index contributed by atoms with van der Waals surface area (Å²) in [7, 11) is 0. The van der Waals surface area contributed by atoms with Gasteiger partial charge in [0.05, 0.1) is 5.69 Å². The highest BCUT2D eigenvalue weighted by molar-refractivity contribution is 9.10. The number of thioether (sulfide) groups is 1. The van der Waals surface area contributed by atoms with Crippen molar-refractivity contribution in [2.75, 3.05) is 0 Å². The molecule has 0 aliphatic rings. The van der Waals surface area contributed by atoms with Crippen LogP contribution in [0.4, 0.5) is 0 Å². The average Bonchev–Trinajstić information content (AvgIpc) is 2.38. The molecule has 0 amide bonds. The van der Waals surface area contributed by atoms with Crippen molar-refractivity contribution in [2.24, 2.45) is 5.73 Å². The third-order valence-electron chi connectivity index (χ3n) is 2.19. The Morgan fingerprint density at radius 1 is 1.24 bits per heavy atom. The van der Waals surface area contributed by atoms with Crippen LogP contribution < -0.4 is 5.73 Å². The fourth-order valence-corrected chi connectivity index (χ4v) is 2.78. The lowest BCUT2D eigenvalue weighted by atomic mass is 10.2. The second-order valence-corrected chi connectivity index (χ2v) is 5.26. The standard InChI is InChI=1S/C12H12BrN3S/c13-11-2-1-4-16-12(11)17-8-9-3-5-15-10(6-9)7-14/h1-6H,7-8,14H2. The summed E-state index contributed by atoms with van der Waals surface area (Å²) in [6.45, 7) is 0.478. The monoisotopic (exact) mass is 309 g/mol. The predicted octanol–water partition coefficient (Wildman–Crippen LogP) is 2.99. The zero-order valence-electron chi connectivity index (χ0n) is 9.14. The minimum Gasteiger partial charge on any atom is -0.325 e. The summed E-state index contributed by atoms with van der Waals surface area (Å²) >= 11 is 5.18. The maximum atomic E-state index is 5.56. The van der Waals surface area contributed by atoms with Crippen LogP contribution in [0.25, 0.3) is 0 Å². The van der Waals surface area contributed by atoms with E-state index in [-0.39, 0.29) is 0 Å². The lowest BCUT2D eigenvalue weighted by Crippen LogP contribution is -1.99. The quantitative estimate of drug-likeness (QED) is 0.882. The highest BCUT2D eigenvalue weighted by atomic mass is 79.9. The largest absolute Gasteiger partial charge is 0.325 e. The maximum Gasteiger partial charge on any atom is 0.110 e. The van der Waals surface area contributed by atoms with Crippen LogP contribution in [0.5, 0.6) is 0 Å². The van der Waals surface area contributed by atoms with E-state index in [0.717, 1.165) is 20.9 Å². The van der Waals surface area contributed by atoms with Gasteiger partial charge in [-0.1, -0.05) is 0 Å². The molecule has 2 rings (SSSR count). The van der Waals surface area contributed by atoms with E-state index in [9.17, 15) is 0 Å². The predicted molar refractivity (Wildman–Crippen MR) is 73.6 cm³/mol. The number of aromatic nitrogens is 2. The Morgan fingerprint density at radius 2 is 2.12 bits per heavy atom. The molecule has 2 N–H and O–H groups in total. The minimum absolute atomic E-state index is 0.478. The molecule has 0 unspecified atom stereocenters. The molecule has 2 heterocycles. The highest BCUT2D eigenvalue weighted by Gasteiger charge is 2.02. The third-order valence-corrected chi connectivity index (χ3v) is 4.17. The van der Waals surface area contributed by atoms with Crippen LogP contribution in [0.1, 0.15) is 11.3 Å². The second-order valence-electron chi connectivity index (χ2n) is 3.44. The van der Waals surface area contributed by atoms with Crippen molar-refractivity contribution in [1.82, 2.24) is 9.97 Å². The highest BCUT2D eigenvalue weighted by Crippen LogP contribution is 2.27. The molecule has 0 aromatic carbocycles. The number of hydrogen-bond acceptors (Lipinski definition) is 4. The molecule has 88 valence electrons. The summed E-state index contributed by atoms with van der Waals surface area (Å²) in [6.07, 6.45) is 3.59.